The van der Waals surface area contributed by atoms with Gasteiger partial charge in [-0.05, 0) is 45.6 Å². The Kier molecular flexibility index (Phi) is 6.64. The molecule has 0 aliphatic rings. The highest BCUT2D eigenvalue weighted by Crippen LogP contribution is 2.25. The number of nitrogens with zero attached hydrogens (tertiary/aromatic N) is 2. The van der Waals surface area contributed by atoms with Crippen molar-refractivity contribution in [1.82, 2.24) is 9.97 Å². The Balaban J connectivity index is 1.80. The maximum absolute atomic E-state index is 12.7. The maximum Gasteiger partial charge on any atom is 0.263 e. The van der Waals surface area contributed by atoms with Crippen molar-refractivity contribution in [3.8, 4) is 5.88 Å². The summed E-state index contributed by atoms with van der Waals surface area (Å²) in [6.07, 6.45) is 3.32. The van der Waals surface area contributed by atoms with Crippen molar-refractivity contribution in [3.63, 3.8) is 0 Å². The first kappa shape index (κ1) is 20.3. The summed E-state index contributed by atoms with van der Waals surface area (Å²) in [7, 11) is -3.81. The van der Waals surface area contributed by atoms with Gasteiger partial charge in [0.1, 0.15) is 11.2 Å². The highest BCUT2D eigenvalue weighted by Gasteiger charge is 2.19. The number of sulfonamides is 1. The van der Waals surface area contributed by atoms with Gasteiger partial charge >= 0.3 is 0 Å². The molecule has 0 spiro atoms. The molecular weight excluding hydrogens is 442 g/mol. The predicted molar refractivity (Wildman–Crippen MR) is 112 cm³/mol. The van der Waals surface area contributed by atoms with Gasteiger partial charge in [-0.15, -0.1) is 0 Å². The van der Waals surface area contributed by atoms with Crippen LogP contribution >= 0.6 is 15.9 Å². The molecule has 0 radical (unpaired) electrons. The Morgan fingerprint density at radius 2 is 1.75 bits per heavy atom. The molecule has 0 saturated heterocycles. The lowest BCUT2D eigenvalue weighted by Gasteiger charge is -2.12. The minimum Gasteiger partial charge on any atom is -0.470 e. The molecule has 146 valence electrons. The van der Waals surface area contributed by atoms with Crippen LogP contribution in [0.15, 0.2) is 70.3 Å². The van der Waals surface area contributed by atoms with Crippen LogP contribution in [0, 0.1) is 0 Å². The van der Waals surface area contributed by atoms with E-state index in [9.17, 15) is 8.42 Å². The van der Waals surface area contributed by atoms with Crippen molar-refractivity contribution in [3.05, 3.63) is 76.5 Å². The number of hydrogen-bond acceptors (Lipinski definition) is 5. The number of hydrogen-bond donors (Lipinski definition) is 1. The Hall–Kier alpha value is -2.45. The summed E-state index contributed by atoms with van der Waals surface area (Å²) >= 11 is 3.24. The van der Waals surface area contributed by atoms with Crippen molar-refractivity contribution in [2.75, 3.05) is 4.72 Å². The monoisotopic (exact) mass is 461 g/mol. The number of aromatic nitrogens is 2. The number of benzene rings is 2. The third-order valence-corrected chi connectivity index (χ3v) is 5.67. The van der Waals surface area contributed by atoms with Crippen molar-refractivity contribution < 1.29 is 13.2 Å². The number of aryl methyl sites for hydroxylation is 1. The Morgan fingerprint density at radius 3 is 2.43 bits per heavy atom. The van der Waals surface area contributed by atoms with Gasteiger partial charge in [0.25, 0.3) is 15.9 Å². The average molecular weight is 462 g/mol. The quantitative estimate of drug-likeness (QED) is 0.531. The molecule has 28 heavy (non-hydrogen) atoms. The SMILES string of the molecule is CCCc1ccc(S(=O)(=O)Nc2ncc(Br)nc2OCc2ccccc2)cc1. The number of ether oxygens (including phenoxy) is 1. The van der Waals surface area contributed by atoms with Gasteiger partial charge < -0.3 is 4.74 Å². The lowest BCUT2D eigenvalue weighted by atomic mass is 10.1. The lowest BCUT2D eigenvalue weighted by molar-refractivity contribution is 0.294. The van der Waals surface area contributed by atoms with Gasteiger partial charge in [-0.1, -0.05) is 55.8 Å². The molecule has 3 rings (SSSR count). The number of rotatable bonds is 8. The second kappa shape index (κ2) is 9.16. The smallest absolute Gasteiger partial charge is 0.263 e. The van der Waals surface area contributed by atoms with E-state index >= 15 is 0 Å². The molecule has 1 aromatic heterocycles. The summed E-state index contributed by atoms with van der Waals surface area (Å²) in [6, 6.07) is 16.3. The third-order valence-electron chi connectivity index (χ3n) is 3.93. The summed E-state index contributed by atoms with van der Waals surface area (Å²) in [6.45, 7) is 2.32. The lowest BCUT2D eigenvalue weighted by Crippen LogP contribution is -2.15. The van der Waals surface area contributed by atoms with E-state index in [0.717, 1.165) is 24.0 Å². The molecule has 0 fully saturated rings. The van der Waals surface area contributed by atoms with E-state index in [0.29, 0.717) is 4.60 Å². The second-order valence-corrected chi connectivity index (χ2v) is 8.62. The van der Waals surface area contributed by atoms with E-state index in [1.54, 1.807) is 12.1 Å². The standard InChI is InChI=1S/C20H20BrN3O3S/c1-2-6-15-9-11-17(12-10-15)28(25,26)24-19-20(23-18(21)13-22-19)27-14-16-7-4-3-5-8-16/h3-5,7-13H,2,6,14H2,1H3,(H,22,24). The van der Waals surface area contributed by atoms with E-state index < -0.39 is 10.0 Å². The highest BCUT2D eigenvalue weighted by atomic mass is 79.9. The van der Waals surface area contributed by atoms with Gasteiger partial charge in [-0.2, -0.15) is 0 Å². The third kappa shape index (κ3) is 5.30. The molecule has 2 aromatic carbocycles. The molecule has 8 heteroatoms. The Labute approximate surface area is 173 Å². The first-order valence-electron chi connectivity index (χ1n) is 8.79. The molecule has 0 atom stereocenters. The Morgan fingerprint density at radius 1 is 1.04 bits per heavy atom. The fraction of sp³-hybridized carbons (Fsp3) is 0.200. The molecule has 0 aliphatic heterocycles. The van der Waals surface area contributed by atoms with E-state index in [2.05, 4.69) is 37.5 Å². The number of nitrogens with one attached hydrogen (secondary N) is 1. The maximum atomic E-state index is 12.7. The van der Waals surface area contributed by atoms with Crippen molar-refractivity contribution in [2.24, 2.45) is 0 Å². The minimum atomic E-state index is -3.81. The zero-order valence-electron chi connectivity index (χ0n) is 15.3. The fourth-order valence-corrected chi connectivity index (χ4v) is 3.83. The van der Waals surface area contributed by atoms with Gasteiger partial charge in [0.2, 0.25) is 5.82 Å². The first-order valence-corrected chi connectivity index (χ1v) is 11.1. The average Bonchev–Trinajstić information content (AvgIpc) is 2.69. The largest absolute Gasteiger partial charge is 0.470 e. The predicted octanol–water partition coefficient (Wildman–Crippen LogP) is 4.57. The fourth-order valence-electron chi connectivity index (χ4n) is 2.56. The zero-order valence-corrected chi connectivity index (χ0v) is 17.7. The number of anilines is 1. The summed E-state index contributed by atoms with van der Waals surface area (Å²) in [5.74, 6) is 0.140. The molecule has 0 unspecified atom stereocenters. The molecule has 1 heterocycles. The summed E-state index contributed by atoms with van der Waals surface area (Å²) in [4.78, 5) is 8.49. The molecule has 6 nitrogen and oxygen atoms in total. The van der Waals surface area contributed by atoms with E-state index in [1.165, 1.54) is 6.20 Å². The van der Waals surface area contributed by atoms with Crippen LogP contribution in [0.5, 0.6) is 5.88 Å². The molecule has 0 saturated carbocycles. The molecule has 0 aliphatic carbocycles. The van der Waals surface area contributed by atoms with Crippen LogP contribution in [0.4, 0.5) is 5.82 Å². The molecule has 1 N–H and O–H groups in total. The Bertz CT molecular complexity index is 1030. The van der Waals surface area contributed by atoms with Gasteiger partial charge in [-0.3, -0.25) is 4.72 Å². The van der Waals surface area contributed by atoms with E-state index in [1.807, 2.05) is 42.5 Å². The highest BCUT2D eigenvalue weighted by molar-refractivity contribution is 9.10. The van der Waals surface area contributed by atoms with E-state index in [4.69, 9.17) is 4.74 Å². The first-order chi connectivity index (χ1) is 13.5. The van der Waals surface area contributed by atoms with Gasteiger partial charge in [-0.25, -0.2) is 18.4 Å². The second-order valence-electron chi connectivity index (χ2n) is 6.12. The van der Waals surface area contributed by atoms with Crippen LogP contribution < -0.4 is 9.46 Å². The molecule has 0 amide bonds. The summed E-state index contributed by atoms with van der Waals surface area (Å²) < 4.78 is 34.1. The number of halogens is 1. The van der Waals surface area contributed by atoms with Gasteiger partial charge in [0.05, 0.1) is 11.1 Å². The van der Waals surface area contributed by atoms with Crippen LogP contribution in [0.1, 0.15) is 24.5 Å². The van der Waals surface area contributed by atoms with Crippen LogP contribution in [0.3, 0.4) is 0 Å². The normalized spacial score (nSPS) is 11.2. The molecule has 3 aromatic rings. The molecule has 0 bridgehead atoms. The topological polar surface area (TPSA) is 81.2 Å². The molecular formula is C20H20BrN3O3S. The van der Waals surface area contributed by atoms with Crippen LogP contribution in [0.25, 0.3) is 0 Å². The van der Waals surface area contributed by atoms with Gasteiger partial charge in [0, 0.05) is 0 Å². The minimum absolute atomic E-state index is 0.0387. The van der Waals surface area contributed by atoms with Crippen LogP contribution in [-0.4, -0.2) is 18.4 Å². The van der Waals surface area contributed by atoms with Crippen molar-refractivity contribution >= 4 is 31.8 Å². The van der Waals surface area contributed by atoms with Gasteiger partial charge in [0.15, 0.2) is 0 Å². The zero-order chi connectivity index (χ0) is 20.0. The van der Waals surface area contributed by atoms with E-state index in [-0.39, 0.29) is 23.2 Å². The summed E-state index contributed by atoms with van der Waals surface area (Å²) in [5.41, 5.74) is 2.03. The summed E-state index contributed by atoms with van der Waals surface area (Å²) in [5, 5.41) is 0. The van der Waals surface area contributed by atoms with Crippen LogP contribution in [-0.2, 0) is 23.1 Å². The van der Waals surface area contributed by atoms with Crippen molar-refractivity contribution in [1.29, 1.82) is 0 Å². The van der Waals surface area contributed by atoms with Crippen molar-refractivity contribution in [2.45, 2.75) is 31.3 Å². The van der Waals surface area contributed by atoms with Crippen LogP contribution in [0.2, 0.25) is 0 Å².